The smallest absolute Gasteiger partial charge is 0.313 e. The third-order valence-electron chi connectivity index (χ3n) is 3.70. The van der Waals surface area contributed by atoms with E-state index in [1.165, 1.54) is 7.11 Å². The van der Waals surface area contributed by atoms with Crippen LogP contribution in [-0.4, -0.2) is 42.5 Å². The van der Waals surface area contributed by atoms with Crippen LogP contribution in [0.2, 0.25) is 0 Å². The van der Waals surface area contributed by atoms with E-state index in [-0.39, 0.29) is 11.9 Å². The number of carbonyl (C=O) groups excluding carboxylic acids is 2. The lowest BCUT2D eigenvalue weighted by Gasteiger charge is -2.29. The first kappa shape index (κ1) is 15.0. The molecule has 5 nitrogen and oxygen atoms in total. The molecule has 1 aliphatic rings. The zero-order valence-corrected chi connectivity index (χ0v) is 11.8. The summed E-state index contributed by atoms with van der Waals surface area (Å²) in [6.07, 6.45) is 2.14. The van der Waals surface area contributed by atoms with Crippen LogP contribution in [0.3, 0.4) is 0 Å². The Hall–Kier alpha value is -1.10. The van der Waals surface area contributed by atoms with Gasteiger partial charge in [0.15, 0.2) is 0 Å². The van der Waals surface area contributed by atoms with Gasteiger partial charge >= 0.3 is 5.97 Å². The fraction of sp³-hybridized carbons (Fsp3) is 0.846. The van der Waals surface area contributed by atoms with Crippen LogP contribution in [0.5, 0.6) is 0 Å². The first-order valence-corrected chi connectivity index (χ1v) is 6.43. The number of carbonyl (C=O) groups is 2. The maximum atomic E-state index is 12.3. The fourth-order valence-electron chi connectivity index (χ4n) is 2.53. The van der Waals surface area contributed by atoms with Crippen LogP contribution in [0, 0.1) is 5.41 Å². The van der Waals surface area contributed by atoms with Crippen LogP contribution in [0.15, 0.2) is 0 Å². The van der Waals surface area contributed by atoms with Crippen LogP contribution in [-0.2, 0) is 14.3 Å². The minimum atomic E-state index is -0.837. The first-order valence-electron chi connectivity index (χ1n) is 6.43. The number of esters is 1. The van der Waals surface area contributed by atoms with Gasteiger partial charge in [-0.05, 0) is 26.7 Å². The number of likely N-dealkylation sites (tertiary alicyclic amines) is 1. The predicted molar refractivity (Wildman–Crippen MR) is 68.8 cm³/mol. The molecule has 0 spiro atoms. The van der Waals surface area contributed by atoms with E-state index in [4.69, 9.17) is 10.5 Å². The Labute approximate surface area is 109 Å². The maximum absolute atomic E-state index is 12.3. The van der Waals surface area contributed by atoms with E-state index in [1.54, 1.807) is 11.8 Å². The molecule has 2 atom stereocenters. The van der Waals surface area contributed by atoms with E-state index >= 15 is 0 Å². The first-order chi connectivity index (χ1) is 8.27. The van der Waals surface area contributed by atoms with Crippen molar-refractivity contribution >= 4 is 11.9 Å². The summed E-state index contributed by atoms with van der Waals surface area (Å²) in [5.41, 5.74) is 4.61. The van der Waals surface area contributed by atoms with Crippen LogP contribution >= 0.6 is 0 Å². The van der Waals surface area contributed by atoms with Gasteiger partial charge in [-0.25, -0.2) is 0 Å². The molecule has 1 heterocycles. The summed E-state index contributed by atoms with van der Waals surface area (Å²) in [6.45, 7) is 6.56. The minimum absolute atomic E-state index is 0.0722. The molecule has 1 fully saturated rings. The number of hydrogen-bond donors (Lipinski definition) is 1. The largest absolute Gasteiger partial charge is 0.469 e. The average molecular weight is 256 g/mol. The second-order valence-corrected chi connectivity index (χ2v) is 5.70. The molecular formula is C13H24N2O3. The Morgan fingerprint density at radius 1 is 1.50 bits per heavy atom. The molecule has 0 aromatic heterocycles. The highest BCUT2D eigenvalue weighted by atomic mass is 16.5. The Kier molecular flexibility index (Phi) is 4.37. The van der Waals surface area contributed by atoms with Crippen molar-refractivity contribution in [3.63, 3.8) is 0 Å². The van der Waals surface area contributed by atoms with Gasteiger partial charge in [0.25, 0.3) is 0 Å². The van der Waals surface area contributed by atoms with Gasteiger partial charge in [0.05, 0.1) is 18.1 Å². The molecule has 0 aliphatic carbocycles. The lowest BCUT2D eigenvalue weighted by Crippen LogP contribution is -2.53. The van der Waals surface area contributed by atoms with Gasteiger partial charge in [0.2, 0.25) is 5.91 Å². The molecule has 0 saturated carbocycles. The average Bonchev–Trinajstić information content (AvgIpc) is 2.71. The number of amides is 1. The normalized spacial score (nSPS) is 26.8. The van der Waals surface area contributed by atoms with E-state index < -0.39 is 11.0 Å². The summed E-state index contributed by atoms with van der Waals surface area (Å²) in [5.74, 6) is -0.330. The van der Waals surface area contributed by atoms with Crippen LogP contribution in [0.1, 0.15) is 40.0 Å². The van der Waals surface area contributed by atoms with E-state index in [9.17, 15) is 9.59 Å². The van der Waals surface area contributed by atoms with Crippen LogP contribution in [0.25, 0.3) is 0 Å². The van der Waals surface area contributed by atoms with Crippen molar-refractivity contribution in [1.82, 2.24) is 4.90 Å². The van der Waals surface area contributed by atoms with Gasteiger partial charge in [-0.15, -0.1) is 0 Å². The fourth-order valence-corrected chi connectivity index (χ4v) is 2.53. The third kappa shape index (κ3) is 2.83. The maximum Gasteiger partial charge on any atom is 0.313 e. The summed E-state index contributed by atoms with van der Waals surface area (Å²) in [6, 6.07) is 0. The van der Waals surface area contributed by atoms with Gasteiger partial charge in [0, 0.05) is 13.1 Å². The number of ether oxygens (including phenoxy) is 1. The number of nitrogens with two attached hydrogens (primary N) is 1. The Morgan fingerprint density at radius 3 is 2.61 bits per heavy atom. The van der Waals surface area contributed by atoms with E-state index in [1.807, 2.05) is 13.8 Å². The molecule has 2 N–H and O–H groups in total. The molecule has 0 aromatic carbocycles. The number of rotatable bonds is 4. The molecule has 5 heteroatoms. The highest BCUT2D eigenvalue weighted by Gasteiger charge is 2.45. The van der Waals surface area contributed by atoms with Crippen molar-refractivity contribution in [3.05, 3.63) is 0 Å². The monoisotopic (exact) mass is 256 g/mol. The van der Waals surface area contributed by atoms with Gasteiger partial charge in [-0.3, -0.25) is 9.59 Å². The van der Waals surface area contributed by atoms with Crippen molar-refractivity contribution in [2.45, 2.75) is 45.6 Å². The zero-order valence-electron chi connectivity index (χ0n) is 11.8. The molecule has 1 aliphatic heterocycles. The van der Waals surface area contributed by atoms with Crippen LogP contribution in [0.4, 0.5) is 0 Å². The second-order valence-electron chi connectivity index (χ2n) is 5.70. The Bertz CT molecular complexity index is 341. The number of methoxy groups -OCH3 is 1. The molecule has 104 valence electrons. The molecule has 2 unspecified atom stereocenters. The number of nitrogens with zero attached hydrogens (tertiary/aromatic N) is 1. The Balaban J connectivity index is 2.73. The summed E-state index contributed by atoms with van der Waals surface area (Å²) < 4.78 is 4.79. The van der Waals surface area contributed by atoms with Crippen molar-refractivity contribution in [1.29, 1.82) is 0 Å². The van der Waals surface area contributed by atoms with Gasteiger partial charge in [0.1, 0.15) is 0 Å². The van der Waals surface area contributed by atoms with Crippen molar-refractivity contribution < 1.29 is 14.3 Å². The molecule has 1 rings (SSSR count). The summed E-state index contributed by atoms with van der Waals surface area (Å²) in [5, 5.41) is 0. The molecule has 18 heavy (non-hydrogen) atoms. The molecule has 0 bridgehead atoms. The SMILES string of the molecule is CCCC(C)(N)C(=O)N1CCC(C)(C(=O)OC)C1. The van der Waals surface area contributed by atoms with Gasteiger partial charge in [-0.2, -0.15) is 0 Å². The Morgan fingerprint density at radius 2 is 2.11 bits per heavy atom. The zero-order chi connectivity index (χ0) is 14.0. The summed E-state index contributed by atoms with van der Waals surface area (Å²) in [7, 11) is 1.38. The minimum Gasteiger partial charge on any atom is -0.469 e. The van der Waals surface area contributed by atoms with E-state index in [2.05, 4.69) is 0 Å². The third-order valence-corrected chi connectivity index (χ3v) is 3.70. The van der Waals surface area contributed by atoms with Crippen molar-refractivity contribution in [3.8, 4) is 0 Å². The van der Waals surface area contributed by atoms with Crippen molar-refractivity contribution in [2.24, 2.45) is 11.1 Å². The molecular weight excluding hydrogens is 232 g/mol. The van der Waals surface area contributed by atoms with Gasteiger partial charge in [-0.1, -0.05) is 13.3 Å². The lowest BCUT2D eigenvalue weighted by atomic mass is 9.90. The quantitative estimate of drug-likeness (QED) is 0.759. The van der Waals surface area contributed by atoms with Crippen molar-refractivity contribution in [2.75, 3.05) is 20.2 Å². The standard InChI is InChI=1S/C13H24N2O3/c1-5-6-13(3,14)10(16)15-8-7-12(2,9-15)11(17)18-4/h5-9,14H2,1-4H3. The van der Waals surface area contributed by atoms with E-state index in [0.29, 0.717) is 25.9 Å². The van der Waals surface area contributed by atoms with Gasteiger partial charge < -0.3 is 15.4 Å². The molecule has 0 radical (unpaired) electrons. The van der Waals surface area contributed by atoms with Crippen LogP contribution < -0.4 is 5.73 Å². The molecule has 1 amide bonds. The molecule has 1 saturated heterocycles. The molecule has 0 aromatic rings. The topological polar surface area (TPSA) is 72.6 Å². The summed E-state index contributed by atoms with van der Waals surface area (Å²) >= 11 is 0. The highest BCUT2D eigenvalue weighted by molar-refractivity contribution is 5.87. The lowest BCUT2D eigenvalue weighted by molar-refractivity contribution is -0.151. The second kappa shape index (κ2) is 5.26. The van der Waals surface area contributed by atoms with E-state index in [0.717, 1.165) is 6.42 Å². The predicted octanol–water partition coefficient (Wildman–Crippen LogP) is 0.915. The number of hydrogen-bond acceptors (Lipinski definition) is 4. The highest BCUT2D eigenvalue weighted by Crippen LogP contribution is 2.32. The summed E-state index contributed by atoms with van der Waals surface area (Å²) in [4.78, 5) is 25.7.